The highest BCUT2D eigenvalue weighted by Gasteiger charge is 2.22. The highest BCUT2D eigenvalue weighted by atomic mass is 35.5. The quantitative estimate of drug-likeness (QED) is 0.871. The smallest absolute Gasteiger partial charge is 0.230 e. The lowest BCUT2D eigenvalue weighted by molar-refractivity contribution is -0.119. The summed E-state index contributed by atoms with van der Waals surface area (Å²) in [5.74, 6) is 0.529. The molecule has 1 aliphatic rings. The van der Waals surface area contributed by atoms with Gasteiger partial charge in [-0.2, -0.15) is 0 Å². The molecule has 1 amide bonds. The molecule has 108 valence electrons. The largest absolute Gasteiger partial charge is 0.352 e. The zero-order valence-electron chi connectivity index (χ0n) is 11.5. The Kier molecular flexibility index (Phi) is 4.51. The molecule has 0 aliphatic heterocycles. The average molecular weight is 318 g/mol. The van der Waals surface area contributed by atoms with Crippen molar-refractivity contribution in [2.45, 2.75) is 23.8 Å². The Hall–Kier alpha value is -1.45. The normalized spacial score (nSPS) is 14.0. The van der Waals surface area contributed by atoms with Crippen molar-refractivity contribution >= 4 is 29.3 Å². The first-order chi connectivity index (χ1) is 10.2. The topological polar surface area (TPSA) is 29.1 Å². The van der Waals surface area contributed by atoms with E-state index in [-0.39, 0.29) is 11.9 Å². The molecule has 0 fully saturated rings. The summed E-state index contributed by atoms with van der Waals surface area (Å²) in [6.07, 6.45) is 1.88. The second-order valence-electron chi connectivity index (χ2n) is 5.18. The van der Waals surface area contributed by atoms with Crippen molar-refractivity contribution in [3.63, 3.8) is 0 Å². The van der Waals surface area contributed by atoms with Gasteiger partial charge in [-0.25, -0.2) is 0 Å². The fraction of sp³-hybridized carbons (Fsp3) is 0.235. The lowest BCUT2D eigenvalue weighted by Crippen LogP contribution is -2.36. The van der Waals surface area contributed by atoms with E-state index in [1.165, 1.54) is 22.9 Å². The van der Waals surface area contributed by atoms with Gasteiger partial charge in [-0.1, -0.05) is 35.9 Å². The number of carbonyl (C=O) groups is 1. The second-order valence-corrected chi connectivity index (χ2v) is 6.67. The van der Waals surface area contributed by atoms with Crippen molar-refractivity contribution < 1.29 is 4.79 Å². The number of fused-ring (bicyclic) bond motifs is 1. The summed E-state index contributed by atoms with van der Waals surface area (Å²) in [4.78, 5) is 13.1. The lowest BCUT2D eigenvalue weighted by atomic mass is 10.1. The molecule has 0 saturated heterocycles. The Labute approximate surface area is 133 Å². The predicted octanol–water partition coefficient (Wildman–Crippen LogP) is 3.72. The fourth-order valence-corrected chi connectivity index (χ4v) is 3.45. The Morgan fingerprint density at radius 1 is 1.10 bits per heavy atom. The van der Waals surface area contributed by atoms with Crippen molar-refractivity contribution in [2.24, 2.45) is 0 Å². The molecule has 0 saturated carbocycles. The number of amides is 1. The Bertz CT molecular complexity index is 616. The molecule has 0 heterocycles. The molecule has 1 N–H and O–H groups in total. The molecule has 3 rings (SSSR count). The maximum Gasteiger partial charge on any atom is 0.230 e. The third kappa shape index (κ3) is 3.80. The number of nitrogens with one attached hydrogen (secondary N) is 1. The van der Waals surface area contributed by atoms with Gasteiger partial charge in [-0.05, 0) is 48.2 Å². The number of halogens is 1. The number of hydrogen-bond donors (Lipinski definition) is 1. The van der Waals surface area contributed by atoms with Crippen LogP contribution in [0.25, 0.3) is 0 Å². The van der Waals surface area contributed by atoms with Crippen LogP contribution in [-0.4, -0.2) is 17.7 Å². The Balaban J connectivity index is 1.48. The molecule has 0 spiro atoms. The first-order valence-electron chi connectivity index (χ1n) is 6.95. The first kappa shape index (κ1) is 14.5. The van der Waals surface area contributed by atoms with E-state index >= 15 is 0 Å². The SMILES string of the molecule is O=C(CSc1ccc(Cl)cc1)NC1Cc2ccccc2C1. The monoisotopic (exact) mass is 317 g/mol. The van der Waals surface area contributed by atoms with Gasteiger partial charge in [0.2, 0.25) is 5.91 Å². The molecule has 1 aliphatic carbocycles. The van der Waals surface area contributed by atoms with Crippen LogP contribution in [0.2, 0.25) is 5.02 Å². The van der Waals surface area contributed by atoms with E-state index in [1.54, 1.807) is 0 Å². The van der Waals surface area contributed by atoms with Gasteiger partial charge in [-0.3, -0.25) is 4.79 Å². The zero-order valence-corrected chi connectivity index (χ0v) is 13.1. The summed E-state index contributed by atoms with van der Waals surface area (Å²) in [5.41, 5.74) is 2.71. The summed E-state index contributed by atoms with van der Waals surface area (Å²) in [6.45, 7) is 0. The van der Waals surface area contributed by atoms with E-state index in [0.717, 1.165) is 17.7 Å². The van der Waals surface area contributed by atoms with Crippen LogP contribution in [0.3, 0.4) is 0 Å². The van der Waals surface area contributed by atoms with Crippen LogP contribution < -0.4 is 5.32 Å². The number of benzene rings is 2. The third-order valence-corrected chi connectivity index (χ3v) is 4.86. The minimum atomic E-state index is 0.0905. The van der Waals surface area contributed by atoms with E-state index in [9.17, 15) is 4.79 Å². The highest BCUT2D eigenvalue weighted by molar-refractivity contribution is 8.00. The Morgan fingerprint density at radius 3 is 2.33 bits per heavy atom. The predicted molar refractivity (Wildman–Crippen MR) is 88.0 cm³/mol. The summed E-state index contributed by atoms with van der Waals surface area (Å²) in [5, 5.41) is 3.84. The maximum absolute atomic E-state index is 12.0. The molecule has 2 nitrogen and oxygen atoms in total. The molecule has 4 heteroatoms. The Morgan fingerprint density at radius 2 is 1.71 bits per heavy atom. The van der Waals surface area contributed by atoms with Crippen LogP contribution in [0.5, 0.6) is 0 Å². The van der Waals surface area contributed by atoms with Gasteiger partial charge in [0, 0.05) is 16.0 Å². The van der Waals surface area contributed by atoms with Crippen LogP contribution >= 0.6 is 23.4 Å². The van der Waals surface area contributed by atoms with Crippen LogP contribution in [-0.2, 0) is 17.6 Å². The van der Waals surface area contributed by atoms with Gasteiger partial charge >= 0.3 is 0 Å². The lowest BCUT2D eigenvalue weighted by Gasteiger charge is -2.11. The van der Waals surface area contributed by atoms with Crippen LogP contribution in [0.4, 0.5) is 0 Å². The zero-order chi connectivity index (χ0) is 14.7. The summed E-state index contributed by atoms with van der Waals surface area (Å²) >= 11 is 7.38. The summed E-state index contributed by atoms with van der Waals surface area (Å²) in [6, 6.07) is 16.2. The standard InChI is InChI=1S/C17H16ClNOS/c18-14-5-7-16(8-6-14)21-11-17(20)19-15-9-12-3-1-2-4-13(12)10-15/h1-8,15H,9-11H2,(H,19,20). The van der Waals surface area contributed by atoms with Gasteiger partial charge in [-0.15, -0.1) is 11.8 Å². The van der Waals surface area contributed by atoms with Crippen LogP contribution in [0, 0.1) is 0 Å². The van der Waals surface area contributed by atoms with Gasteiger partial charge in [0.1, 0.15) is 0 Å². The summed E-state index contributed by atoms with van der Waals surface area (Å²) < 4.78 is 0. The van der Waals surface area contributed by atoms with Crippen molar-refractivity contribution in [1.29, 1.82) is 0 Å². The maximum atomic E-state index is 12.0. The van der Waals surface area contributed by atoms with E-state index in [2.05, 4.69) is 29.6 Å². The molecule has 0 atom stereocenters. The highest BCUT2D eigenvalue weighted by Crippen LogP contribution is 2.23. The minimum absolute atomic E-state index is 0.0905. The van der Waals surface area contributed by atoms with Crippen molar-refractivity contribution in [3.8, 4) is 0 Å². The first-order valence-corrected chi connectivity index (χ1v) is 8.31. The molecule has 0 aromatic heterocycles. The van der Waals surface area contributed by atoms with Crippen molar-refractivity contribution in [3.05, 3.63) is 64.7 Å². The summed E-state index contributed by atoms with van der Waals surface area (Å²) in [7, 11) is 0. The van der Waals surface area contributed by atoms with Gasteiger partial charge in [0.05, 0.1) is 5.75 Å². The van der Waals surface area contributed by atoms with Crippen molar-refractivity contribution in [1.82, 2.24) is 5.32 Å². The average Bonchev–Trinajstić information content (AvgIpc) is 2.88. The van der Waals surface area contributed by atoms with E-state index in [0.29, 0.717) is 10.8 Å². The number of hydrogen-bond acceptors (Lipinski definition) is 2. The van der Waals surface area contributed by atoms with E-state index in [1.807, 2.05) is 24.3 Å². The molecular weight excluding hydrogens is 302 g/mol. The van der Waals surface area contributed by atoms with Gasteiger partial charge in [0.15, 0.2) is 0 Å². The minimum Gasteiger partial charge on any atom is -0.352 e. The van der Waals surface area contributed by atoms with Crippen LogP contribution in [0.1, 0.15) is 11.1 Å². The van der Waals surface area contributed by atoms with Gasteiger partial charge < -0.3 is 5.32 Å². The molecule has 0 unspecified atom stereocenters. The number of rotatable bonds is 4. The number of thioether (sulfide) groups is 1. The van der Waals surface area contributed by atoms with E-state index in [4.69, 9.17) is 11.6 Å². The van der Waals surface area contributed by atoms with Gasteiger partial charge in [0.25, 0.3) is 0 Å². The fourth-order valence-electron chi connectivity index (χ4n) is 2.61. The molecule has 2 aromatic rings. The molecule has 21 heavy (non-hydrogen) atoms. The van der Waals surface area contributed by atoms with Crippen molar-refractivity contribution in [2.75, 3.05) is 5.75 Å². The molecular formula is C17H16ClNOS. The molecule has 0 radical (unpaired) electrons. The third-order valence-electron chi connectivity index (χ3n) is 3.60. The van der Waals surface area contributed by atoms with E-state index < -0.39 is 0 Å². The van der Waals surface area contributed by atoms with Crippen LogP contribution in [0.15, 0.2) is 53.4 Å². The second kappa shape index (κ2) is 6.54. The number of carbonyl (C=O) groups excluding carboxylic acids is 1. The molecule has 2 aromatic carbocycles. The molecule has 0 bridgehead atoms.